The van der Waals surface area contributed by atoms with Crippen molar-refractivity contribution in [1.29, 1.82) is 0 Å². The number of piperidine rings is 1. The van der Waals surface area contributed by atoms with Crippen molar-refractivity contribution in [2.75, 3.05) is 26.2 Å². The summed E-state index contributed by atoms with van der Waals surface area (Å²) in [5.41, 5.74) is 2.21. The zero-order chi connectivity index (χ0) is 18.5. The van der Waals surface area contributed by atoms with Gasteiger partial charge in [-0.3, -0.25) is 19.3 Å². The van der Waals surface area contributed by atoms with Gasteiger partial charge >= 0.3 is 0 Å². The molecule has 2 amide bonds. The molecular weight excluding hydrogens is 342 g/mol. The van der Waals surface area contributed by atoms with Gasteiger partial charge in [-0.05, 0) is 30.5 Å². The van der Waals surface area contributed by atoms with Crippen LogP contribution in [0.2, 0.25) is 0 Å². The van der Waals surface area contributed by atoms with Crippen LogP contribution in [0.15, 0.2) is 47.3 Å². The number of benzene rings is 1. The van der Waals surface area contributed by atoms with Gasteiger partial charge in [-0.2, -0.15) is 0 Å². The molecule has 6 heteroatoms. The van der Waals surface area contributed by atoms with Gasteiger partial charge in [0.2, 0.25) is 0 Å². The number of carbonyl (C=O) groups is 2. The Bertz CT molecular complexity index is 961. The fourth-order valence-corrected chi connectivity index (χ4v) is 4.86. The summed E-state index contributed by atoms with van der Waals surface area (Å²) in [5.74, 6) is 0.404. The minimum atomic E-state index is -0.190. The second kappa shape index (κ2) is 6.16. The Labute approximate surface area is 157 Å². The third-order valence-corrected chi connectivity index (χ3v) is 6.07. The Morgan fingerprint density at radius 3 is 2.30 bits per heavy atom. The van der Waals surface area contributed by atoms with Crippen molar-refractivity contribution in [1.82, 2.24) is 14.4 Å². The lowest BCUT2D eigenvalue weighted by Gasteiger charge is -2.43. The normalized spacial score (nSPS) is 24.1. The molecule has 0 unspecified atom stereocenters. The van der Waals surface area contributed by atoms with Crippen LogP contribution in [-0.2, 0) is 6.54 Å². The van der Waals surface area contributed by atoms with E-state index in [1.165, 1.54) is 4.90 Å². The van der Waals surface area contributed by atoms with Crippen molar-refractivity contribution >= 4 is 11.8 Å². The number of likely N-dealkylation sites (tertiary alicyclic amines) is 1. The zero-order valence-corrected chi connectivity index (χ0v) is 15.0. The van der Waals surface area contributed by atoms with E-state index in [1.54, 1.807) is 30.3 Å². The summed E-state index contributed by atoms with van der Waals surface area (Å²) in [6.45, 7) is 3.61. The second-order valence-electron chi connectivity index (χ2n) is 7.77. The monoisotopic (exact) mass is 363 g/mol. The summed E-state index contributed by atoms with van der Waals surface area (Å²) in [7, 11) is 0. The van der Waals surface area contributed by atoms with E-state index < -0.39 is 0 Å². The first-order chi connectivity index (χ1) is 13.1. The van der Waals surface area contributed by atoms with Crippen LogP contribution in [0.5, 0.6) is 0 Å². The Hall–Kier alpha value is -2.73. The quantitative estimate of drug-likeness (QED) is 0.777. The predicted molar refractivity (Wildman–Crippen MR) is 99.8 cm³/mol. The van der Waals surface area contributed by atoms with E-state index in [0.29, 0.717) is 36.1 Å². The van der Waals surface area contributed by atoms with E-state index >= 15 is 0 Å². The van der Waals surface area contributed by atoms with E-state index in [0.717, 1.165) is 31.7 Å². The number of pyridine rings is 1. The summed E-state index contributed by atoms with van der Waals surface area (Å²) in [6, 6.07) is 12.5. The minimum Gasteiger partial charge on any atom is -0.312 e. The molecule has 5 rings (SSSR count). The number of rotatable bonds is 3. The molecule has 6 nitrogen and oxygen atoms in total. The fraction of sp³-hybridized carbons (Fsp3) is 0.381. The van der Waals surface area contributed by atoms with Crippen LogP contribution in [0.3, 0.4) is 0 Å². The summed E-state index contributed by atoms with van der Waals surface area (Å²) in [4.78, 5) is 40.9. The van der Waals surface area contributed by atoms with Gasteiger partial charge in [0.25, 0.3) is 17.4 Å². The molecule has 0 saturated carbocycles. The lowest BCUT2D eigenvalue weighted by Crippen LogP contribution is -2.49. The van der Waals surface area contributed by atoms with Gasteiger partial charge in [-0.1, -0.05) is 18.2 Å². The highest BCUT2D eigenvalue weighted by Gasteiger charge is 2.37. The van der Waals surface area contributed by atoms with Crippen molar-refractivity contribution in [3.8, 4) is 0 Å². The maximum atomic E-state index is 12.5. The van der Waals surface area contributed by atoms with Crippen molar-refractivity contribution in [2.24, 2.45) is 5.92 Å². The van der Waals surface area contributed by atoms with Crippen molar-refractivity contribution in [3.05, 3.63) is 69.6 Å². The van der Waals surface area contributed by atoms with Gasteiger partial charge in [-0.15, -0.1) is 0 Å². The van der Waals surface area contributed by atoms with E-state index in [-0.39, 0.29) is 17.4 Å². The van der Waals surface area contributed by atoms with Crippen molar-refractivity contribution in [2.45, 2.75) is 18.9 Å². The molecule has 0 N–H and O–H groups in total. The fourth-order valence-electron chi connectivity index (χ4n) is 4.86. The number of amides is 2. The summed E-state index contributed by atoms with van der Waals surface area (Å²) < 4.78 is 1.92. The number of aromatic nitrogens is 1. The Morgan fingerprint density at radius 2 is 1.56 bits per heavy atom. The Morgan fingerprint density at radius 1 is 0.815 bits per heavy atom. The van der Waals surface area contributed by atoms with Gasteiger partial charge in [0.05, 0.1) is 11.1 Å². The molecule has 4 heterocycles. The van der Waals surface area contributed by atoms with E-state index in [2.05, 4.69) is 11.0 Å². The molecule has 3 aliphatic heterocycles. The van der Waals surface area contributed by atoms with Crippen LogP contribution in [0.4, 0.5) is 0 Å². The number of imide groups is 1. The number of hydrogen-bond donors (Lipinski definition) is 0. The van der Waals surface area contributed by atoms with Crippen LogP contribution in [0, 0.1) is 5.92 Å². The van der Waals surface area contributed by atoms with Crippen molar-refractivity contribution < 1.29 is 9.59 Å². The van der Waals surface area contributed by atoms with E-state index in [1.807, 2.05) is 10.6 Å². The molecule has 1 aromatic carbocycles. The zero-order valence-electron chi connectivity index (χ0n) is 15.0. The molecule has 1 fully saturated rings. The molecule has 2 atom stereocenters. The predicted octanol–water partition coefficient (Wildman–Crippen LogP) is 1.56. The Kier molecular flexibility index (Phi) is 3.75. The number of fused-ring (bicyclic) bond motifs is 5. The van der Waals surface area contributed by atoms with Gasteiger partial charge in [0.15, 0.2) is 0 Å². The SMILES string of the molecule is O=C1c2ccccc2C(=O)N1CCN1C[C@@H]2C[C@H](C1)c1cccc(=O)n1C2. The lowest BCUT2D eigenvalue weighted by molar-refractivity contribution is 0.0603. The van der Waals surface area contributed by atoms with Gasteiger partial charge in [-0.25, -0.2) is 0 Å². The topological polar surface area (TPSA) is 62.6 Å². The molecule has 0 aliphatic carbocycles. The maximum Gasteiger partial charge on any atom is 0.261 e. The molecule has 0 radical (unpaired) electrons. The molecule has 2 bridgehead atoms. The molecular formula is C21H21N3O3. The number of hydrogen-bond acceptors (Lipinski definition) is 4. The highest BCUT2D eigenvalue weighted by molar-refractivity contribution is 6.21. The molecule has 27 heavy (non-hydrogen) atoms. The first-order valence-electron chi connectivity index (χ1n) is 9.49. The van der Waals surface area contributed by atoms with E-state index in [4.69, 9.17) is 0 Å². The minimum absolute atomic E-state index is 0.0849. The third-order valence-electron chi connectivity index (χ3n) is 6.07. The molecule has 1 saturated heterocycles. The van der Waals surface area contributed by atoms with Gasteiger partial charge in [0, 0.05) is 50.4 Å². The molecule has 138 valence electrons. The van der Waals surface area contributed by atoms with Crippen LogP contribution >= 0.6 is 0 Å². The third kappa shape index (κ3) is 2.63. The highest BCUT2D eigenvalue weighted by Crippen LogP contribution is 2.35. The van der Waals surface area contributed by atoms with Gasteiger partial charge < -0.3 is 9.47 Å². The van der Waals surface area contributed by atoms with Crippen LogP contribution in [0.25, 0.3) is 0 Å². The average Bonchev–Trinajstić information content (AvgIpc) is 2.92. The van der Waals surface area contributed by atoms with Crippen molar-refractivity contribution in [3.63, 3.8) is 0 Å². The lowest BCUT2D eigenvalue weighted by atomic mass is 9.83. The summed E-state index contributed by atoms with van der Waals surface area (Å²) >= 11 is 0. The molecule has 1 aromatic heterocycles. The van der Waals surface area contributed by atoms with Crippen LogP contribution in [0.1, 0.15) is 38.7 Å². The first kappa shape index (κ1) is 16.4. The van der Waals surface area contributed by atoms with Crippen LogP contribution < -0.4 is 5.56 Å². The van der Waals surface area contributed by atoms with E-state index in [9.17, 15) is 14.4 Å². The smallest absolute Gasteiger partial charge is 0.261 e. The Balaban J connectivity index is 1.30. The average molecular weight is 363 g/mol. The second-order valence-corrected chi connectivity index (χ2v) is 7.77. The highest BCUT2D eigenvalue weighted by atomic mass is 16.2. The first-order valence-corrected chi connectivity index (χ1v) is 9.49. The standard InChI is InChI=1S/C21H21N3O3/c25-19-7-3-6-18-15-10-14(12-24(18)19)11-22(13-15)8-9-23-20(26)16-4-1-2-5-17(16)21(23)27/h1-7,14-15H,8-13H2/t14-,15+/m0/s1. The molecule has 3 aliphatic rings. The largest absolute Gasteiger partial charge is 0.312 e. The molecule has 2 aromatic rings. The number of carbonyl (C=O) groups excluding carboxylic acids is 2. The summed E-state index contributed by atoms with van der Waals surface area (Å²) in [6.07, 6.45) is 1.10. The maximum absolute atomic E-state index is 12.5. The van der Waals surface area contributed by atoms with Gasteiger partial charge in [0.1, 0.15) is 0 Å². The summed E-state index contributed by atoms with van der Waals surface area (Å²) in [5, 5.41) is 0. The van der Waals surface area contributed by atoms with Crippen LogP contribution in [-0.4, -0.2) is 52.4 Å². The number of nitrogens with zero attached hydrogens (tertiary/aromatic N) is 3. The molecule has 0 spiro atoms.